The topological polar surface area (TPSA) is 128 Å². The number of aromatic carboxylic acids is 1. The van der Waals surface area contributed by atoms with E-state index in [1.807, 2.05) is 13.8 Å². The Bertz CT molecular complexity index is 890. The molecule has 0 fully saturated rings. The van der Waals surface area contributed by atoms with Crippen LogP contribution < -0.4 is 20.5 Å². The predicted molar refractivity (Wildman–Crippen MR) is 101 cm³/mol. The average molecular weight is 392 g/mol. The van der Waals surface area contributed by atoms with Crippen LogP contribution in [-0.2, 0) is 11.2 Å². The fourth-order valence-electron chi connectivity index (χ4n) is 2.57. The molecule has 0 saturated carbocycles. The second-order valence-electron chi connectivity index (χ2n) is 5.57. The van der Waals surface area contributed by atoms with Gasteiger partial charge in [0.05, 0.1) is 12.7 Å². The van der Waals surface area contributed by atoms with Gasteiger partial charge in [-0.1, -0.05) is 6.92 Å². The summed E-state index contributed by atoms with van der Waals surface area (Å²) in [6.07, 6.45) is 0.555. The third-order valence-electron chi connectivity index (χ3n) is 3.80. The smallest absolute Gasteiger partial charge is 0.339 e. The summed E-state index contributed by atoms with van der Waals surface area (Å²) >= 11 is 1.22. The minimum atomic E-state index is -1.08. The lowest BCUT2D eigenvalue weighted by Gasteiger charge is -2.11. The Hall–Kier alpha value is -3.07. The number of carboxylic acid groups (broad SMARTS) is 1. The number of carboxylic acids is 1. The molecule has 0 radical (unpaired) electrons. The number of carbonyl (C=O) groups is 3. The molecule has 144 valence electrons. The Kier molecular flexibility index (Phi) is 6.40. The maximum atomic E-state index is 12.6. The Balaban J connectivity index is 2.29. The van der Waals surface area contributed by atoms with Gasteiger partial charge in [-0.15, -0.1) is 11.3 Å². The third kappa shape index (κ3) is 4.56. The number of anilines is 1. The lowest BCUT2D eigenvalue weighted by Crippen LogP contribution is -2.20. The second-order valence-corrected chi connectivity index (χ2v) is 6.80. The summed E-state index contributed by atoms with van der Waals surface area (Å²) in [5, 5.41) is 12.4. The summed E-state index contributed by atoms with van der Waals surface area (Å²) < 4.78 is 10.4. The fraction of sp³-hybridized carbons (Fsp3) is 0.278. The van der Waals surface area contributed by atoms with Gasteiger partial charge in [0.1, 0.15) is 5.00 Å². The van der Waals surface area contributed by atoms with E-state index in [9.17, 15) is 19.5 Å². The van der Waals surface area contributed by atoms with E-state index in [0.29, 0.717) is 12.0 Å². The van der Waals surface area contributed by atoms with Crippen molar-refractivity contribution in [2.45, 2.75) is 20.3 Å². The molecule has 1 aromatic carbocycles. The zero-order chi connectivity index (χ0) is 20.1. The van der Waals surface area contributed by atoms with Gasteiger partial charge in [0.15, 0.2) is 18.1 Å². The second kappa shape index (κ2) is 8.54. The van der Waals surface area contributed by atoms with Crippen molar-refractivity contribution in [3.8, 4) is 11.5 Å². The van der Waals surface area contributed by atoms with E-state index < -0.39 is 17.8 Å². The van der Waals surface area contributed by atoms with Crippen molar-refractivity contribution in [3.63, 3.8) is 0 Å². The first-order valence-corrected chi connectivity index (χ1v) is 8.86. The van der Waals surface area contributed by atoms with Crippen LogP contribution in [0.4, 0.5) is 5.00 Å². The molecule has 9 heteroatoms. The van der Waals surface area contributed by atoms with Gasteiger partial charge < -0.3 is 25.6 Å². The van der Waals surface area contributed by atoms with E-state index in [0.717, 1.165) is 4.88 Å². The standard InChI is InChI=1S/C18H20N2O6S/c1-4-11-9(2)27-17(15(11)18(23)24)20-16(22)10-5-6-12(13(7-10)25-3)26-8-14(19)21/h5-7H,4,8H2,1-3H3,(H2,19,21)(H,20,22)(H,23,24). The van der Waals surface area contributed by atoms with Gasteiger partial charge in [-0.25, -0.2) is 4.79 Å². The van der Waals surface area contributed by atoms with Gasteiger partial charge in [0.2, 0.25) is 0 Å². The zero-order valence-electron chi connectivity index (χ0n) is 15.1. The van der Waals surface area contributed by atoms with Gasteiger partial charge in [-0.05, 0) is 37.1 Å². The SMILES string of the molecule is CCc1c(C)sc(NC(=O)c2ccc(OCC(N)=O)c(OC)c2)c1C(=O)O. The molecule has 2 aromatic rings. The van der Waals surface area contributed by atoms with Crippen molar-refractivity contribution < 1.29 is 29.0 Å². The number of nitrogens with two attached hydrogens (primary N) is 1. The van der Waals surface area contributed by atoms with Crippen LogP contribution in [0.25, 0.3) is 0 Å². The highest BCUT2D eigenvalue weighted by Crippen LogP contribution is 2.34. The quantitative estimate of drug-likeness (QED) is 0.633. The van der Waals surface area contributed by atoms with Crippen molar-refractivity contribution in [2.24, 2.45) is 5.73 Å². The van der Waals surface area contributed by atoms with Crippen molar-refractivity contribution in [1.29, 1.82) is 0 Å². The molecule has 2 rings (SSSR count). The fourth-order valence-corrected chi connectivity index (χ4v) is 3.70. The number of nitrogens with one attached hydrogen (secondary N) is 1. The molecule has 0 unspecified atom stereocenters. The molecule has 2 amide bonds. The highest BCUT2D eigenvalue weighted by molar-refractivity contribution is 7.16. The van der Waals surface area contributed by atoms with E-state index in [2.05, 4.69) is 5.32 Å². The van der Waals surface area contributed by atoms with Gasteiger partial charge in [0, 0.05) is 10.4 Å². The maximum absolute atomic E-state index is 12.6. The summed E-state index contributed by atoms with van der Waals surface area (Å²) in [7, 11) is 1.40. The number of methoxy groups -OCH3 is 1. The first-order valence-electron chi connectivity index (χ1n) is 8.04. The van der Waals surface area contributed by atoms with Crippen LogP contribution >= 0.6 is 11.3 Å². The van der Waals surface area contributed by atoms with Crippen molar-refractivity contribution in [3.05, 3.63) is 39.8 Å². The minimum absolute atomic E-state index is 0.113. The highest BCUT2D eigenvalue weighted by Gasteiger charge is 2.22. The molecule has 27 heavy (non-hydrogen) atoms. The van der Waals surface area contributed by atoms with Gasteiger partial charge >= 0.3 is 5.97 Å². The van der Waals surface area contributed by atoms with Crippen LogP contribution in [0.2, 0.25) is 0 Å². The van der Waals surface area contributed by atoms with E-state index in [1.165, 1.54) is 36.6 Å². The van der Waals surface area contributed by atoms with Crippen LogP contribution in [-0.4, -0.2) is 36.6 Å². The number of hydrogen-bond donors (Lipinski definition) is 3. The van der Waals surface area contributed by atoms with Crippen LogP contribution in [0.3, 0.4) is 0 Å². The molecule has 0 aliphatic heterocycles. The number of hydrogen-bond acceptors (Lipinski definition) is 6. The molecule has 0 spiro atoms. The molecule has 0 saturated heterocycles. The van der Waals surface area contributed by atoms with Crippen LogP contribution in [0.15, 0.2) is 18.2 Å². The number of primary amides is 1. The number of thiophene rings is 1. The summed E-state index contributed by atoms with van der Waals surface area (Å²) in [6, 6.07) is 4.40. The van der Waals surface area contributed by atoms with Crippen LogP contribution in [0, 0.1) is 6.92 Å². The number of benzene rings is 1. The van der Waals surface area contributed by atoms with Crippen molar-refractivity contribution in [1.82, 2.24) is 0 Å². The third-order valence-corrected chi connectivity index (χ3v) is 4.86. The van der Waals surface area contributed by atoms with Crippen molar-refractivity contribution in [2.75, 3.05) is 19.0 Å². The number of amides is 2. The first-order chi connectivity index (χ1) is 12.8. The van der Waals surface area contributed by atoms with Crippen LogP contribution in [0.5, 0.6) is 11.5 Å². The van der Waals surface area contributed by atoms with Gasteiger partial charge in [-0.3, -0.25) is 9.59 Å². The van der Waals surface area contributed by atoms with Gasteiger partial charge in [-0.2, -0.15) is 0 Å². The molecule has 1 heterocycles. The Morgan fingerprint density at radius 2 is 1.96 bits per heavy atom. The highest BCUT2D eigenvalue weighted by atomic mass is 32.1. The van der Waals surface area contributed by atoms with E-state index >= 15 is 0 Å². The average Bonchev–Trinajstić information content (AvgIpc) is 2.94. The summed E-state index contributed by atoms with van der Waals surface area (Å²) in [4.78, 5) is 35.8. The van der Waals surface area contributed by atoms with E-state index in [4.69, 9.17) is 15.2 Å². The molecular formula is C18H20N2O6S. The predicted octanol–water partition coefficient (Wildman–Crippen LogP) is 2.44. The van der Waals surface area contributed by atoms with Gasteiger partial charge in [0.25, 0.3) is 11.8 Å². The molecule has 4 N–H and O–H groups in total. The monoisotopic (exact) mass is 392 g/mol. The minimum Gasteiger partial charge on any atom is -0.493 e. The molecular weight excluding hydrogens is 372 g/mol. The molecule has 0 aliphatic carbocycles. The van der Waals surface area contributed by atoms with E-state index in [-0.39, 0.29) is 34.2 Å². The lowest BCUT2D eigenvalue weighted by molar-refractivity contribution is -0.119. The Labute approximate surface area is 159 Å². The zero-order valence-corrected chi connectivity index (χ0v) is 15.9. The summed E-state index contributed by atoms with van der Waals surface area (Å²) in [5.74, 6) is -1.70. The van der Waals surface area contributed by atoms with E-state index in [1.54, 1.807) is 0 Å². The number of rotatable bonds is 8. The summed E-state index contributed by atoms with van der Waals surface area (Å²) in [6.45, 7) is 3.36. The normalized spacial score (nSPS) is 10.3. The molecule has 0 atom stereocenters. The summed E-state index contributed by atoms with van der Waals surface area (Å²) in [5.41, 5.74) is 6.11. The molecule has 0 aliphatic rings. The maximum Gasteiger partial charge on any atom is 0.339 e. The molecule has 1 aromatic heterocycles. The number of ether oxygens (including phenoxy) is 2. The Morgan fingerprint density at radius 1 is 1.26 bits per heavy atom. The molecule has 0 bridgehead atoms. The number of aryl methyl sites for hydroxylation is 1. The Morgan fingerprint density at radius 3 is 2.52 bits per heavy atom. The van der Waals surface area contributed by atoms with Crippen molar-refractivity contribution >= 4 is 34.1 Å². The largest absolute Gasteiger partial charge is 0.493 e. The lowest BCUT2D eigenvalue weighted by atomic mass is 10.1. The first kappa shape index (κ1) is 20.2. The molecule has 8 nitrogen and oxygen atoms in total. The van der Waals surface area contributed by atoms with Crippen LogP contribution in [0.1, 0.15) is 38.1 Å². The number of carbonyl (C=O) groups excluding carboxylic acids is 2.